The maximum atomic E-state index is 13.8. The molecule has 0 aliphatic carbocycles. The van der Waals surface area contributed by atoms with Gasteiger partial charge in [0.1, 0.15) is 17.6 Å². The van der Waals surface area contributed by atoms with Gasteiger partial charge in [-0.05, 0) is 48.2 Å². The third-order valence-electron chi connectivity index (χ3n) is 5.86. The molecule has 0 aromatic heterocycles. The maximum absolute atomic E-state index is 13.8. The van der Waals surface area contributed by atoms with Crippen LogP contribution in [-0.4, -0.2) is 31.6 Å². The van der Waals surface area contributed by atoms with Gasteiger partial charge in [-0.3, -0.25) is 4.79 Å². The summed E-state index contributed by atoms with van der Waals surface area (Å²) >= 11 is 25.0. The van der Waals surface area contributed by atoms with Crippen molar-refractivity contribution in [2.24, 2.45) is 0 Å². The zero-order chi connectivity index (χ0) is 26.0. The summed E-state index contributed by atoms with van der Waals surface area (Å²) in [5.74, 6) is -1.23. The predicted molar refractivity (Wildman–Crippen MR) is 139 cm³/mol. The quantitative estimate of drug-likeness (QED) is 0.326. The van der Waals surface area contributed by atoms with Crippen LogP contribution < -0.4 is 10.1 Å². The van der Waals surface area contributed by atoms with Crippen molar-refractivity contribution in [2.45, 2.75) is 25.3 Å². The summed E-state index contributed by atoms with van der Waals surface area (Å²) in [4.78, 5) is 25.6. The fourth-order valence-electron chi connectivity index (χ4n) is 4.22. The van der Waals surface area contributed by atoms with E-state index >= 15 is 0 Å². The first-order valence-electron chi connectivity index (χ1n) is 11.0. The summed E-state index contributed by atoms with van der Waals surface area (Å²) in [5.41, 5.74) is 2.74. The average molecular weight is 571 g/mol. The lowest BCUT2D eigenvalue weighted by molar-refractivity contribution is -0.142. The minimum Gasteiger partial charge on any atom is -0.493 e. The van der Waals surface area contributed by atoms with E-state index in [1.165, 1.54) is 31.4 Å². The zero-order valence-corrected chi connectivity index (χ0v) is 22.0. The van der Waals surface area contributed by atoms with Crippen LogP contribution >= 0.6 is 46.4 Å². The van der Waals surface area contributed by atoms with E-state index in [9.17, 15) is 14.0 Å². The summed E-state index contributed by atoms with van der Waals surface area (Å²) in [7, 11) is 1.24. The van der Waals surface area contributed by atoms with E-state index in [2.05, 4.69) is 5.32 Å². The summed E-state index contributed by atoms with van der Waals surface area (Å²) in [5, 5.41) is 3.31. The first kappa shape index (κ1) is 26.6. The SMILES string of the molecule is COC(=O)[C@H](Cc1ccc(-c2c(Cl)cc(F)cc2Cl)c2c1CCCO2)NC(=O)c1c(Cl)cccc1Cl. The van der Waals surface area contributed by atoms with Crippen LogP contribution in [0.15, 0.2) is 42.5 Å². The molecule has 1 N–H and O–H groups in total. The number of hydrogen-bond donors (Lipinski definition) is 1. The van der Waals surface area contributed by atoms with Crippen LogP contribution in [0.4, 0.5) is 4.39 Å². The molecule has 0 fully saturated rings. The van der Waals surface area contributed by atoms with Crippen molar-refractivity contribution in [1.29, 1.82) is 0 Å². The van der Waals surface area contributed by atoms with Gasteiger partial charge in [-0.1, -0.05) is 64.6 Å². The number of rotatable bonds is 6. The minimum atomic E-state index is -1.02. The number of benzene rings is 3. The van der Waals surface area contributed by atoms with E-state index in [4.69, 9.17) is 55.9 Å². The Morgan fingerprint density at radius 3 is 2.36 bits per heavy atom. The second kappa shape index (κ2) is 11.3. The lowest BCUT2D eigenvalue weighted by Gasteiger charge is -2.26. The molecule has 10 heteroatoms. The number of carbonyl (C=O) groups is 2. The molecule has 5 nitrogen and oxygen atoms in total. The number of ether oxygens (including phenoxy) is 2. The maximum Gasteiger partial charge on any atom is 0.328 e. The molecule has 0 radical (unpaired) electrons. The van der Waals surface area contributed by atoms with Gasteiger partial charge in [-0.2, -0.15) is 0 Å². The van der Waals surface area contributed by atoms with Gasteiger partial charge in [0, 0.05) is 17.5 Å². The number of amides is 1. The van der Waals surface area contributed by atoms with E-state index < -0.39 is 23.7 Å². The van der Waals surface area contributed by atoms with Gasteiger partial charge in [-0.15, -0.1) is 0 Å². The van der Waals surface area contributed by atoms with Gasteiger partial charge < -0.3 is 14.8 Å². The smallest absolute Gasteiger partial charge is 0.328 e. The fourth-order valence-corrected chi connectivity index (χ4v) is 5.45. The van der Waals surface area contributed by atoms with Crippen molar-refractivity contribution < 1.29 is 23.5 Å². The van der Waals surface area contributed by atoms with E-state index in [1.807, 2.05) is 6.07 Å². The van der Waals surface area contributed by atoms with Crippen LogP contribution in [-0.2, 0) is 22.4 Å². The Morgan fingerprint density at radius 1 is 1.06 bits per heavy atom. The van der Waals surface area contributed by atoms with Crippen molar-refractivity contribution in [3.63, 3.8) is 0 Å². The van der Waals surface area contributed by atoms with Crippen LogP contribution in [0.1, 0.15) is 27.9 Å². The van der Waals surface area contributed by atoms with Crippen LogP contribution in [0, 0.1) is 5.82 Å². The number of methoxy groups -OCH3 is 1. The third kappa shape index (κ3) is 5.42. The molecule has 1 aliphatic rings. The molecule has 3 aromatic rings. The molecular weight excluding hydrogens is 551 g/mol. The van der Waals surface area contributed by atoms with Gasteiger partial charge in [-0.25, -0.2) is 9.18 Å². The molecular formula is C26H20Cl4FNO4. The van der Waals surface area contributed by atoms with Gasteiger partial charge in [0.25, 0.3) is 5.91 Å². The topological polar surface area (TPSA) is 64.6 Å². The Hall–Kier alpha value is -2.51. The van der Waals surface area contributed by atoms with Crippen molar-refractivity contribution >= 4 is 58.3 Å². The lowest BCUT2D eigenvalue weighted by atomic mass is 9.90. The van der Waals surface area contributed by atoms with E-state index in [0.717, 1.165) is 17.5 Å². The third-order valence-corrected chi connectivity index (χ3v) is 7.08. The number of hydrogen-bond acceptors (Lipinski definition) is 4. The summed E-state index contributed by atoms with van der Waals surface area (Å²) in [6.45, 7) is 0.474. The average Bonchev–Trinajstić information content (AvgIpc) is 2.83. The van der Waals surface area contributed by atoms with Crippen LogP contribution in [0.2, 0.25) is 20.1 Å². The molecule has 0 saturated heterocycles. The molecule has 0 bridgehead atoms. The highest BCUT2D eigenvalue weighted by Crippen LogP contribution is 2.44. The van der Waals surface area contributed by atoms with Gasteiger partial charge >= 0.3 is 5.97 Å². The van der Waals surface area contributed by atoms with Crippen molar-refractivity contribution in [3.05, 3.63) is 85.1 Å². The second-order valence-corrected chi connectivity index (χ2v) is 9.76. The first-order valence-corrected chi connectivity index (χ1v) is 12.5. The Morgan fingerprint density at radius 2 is 1.72 bits per heavy atom. The molecule has 1 amide bonds. The highest BCUT2D eigenvalue weighted by Gasteiger charge is 2.28. The Labute approximate surface area is 227 Å². The molecule has 36 heavy (non-hydrogen) atoms. The molecule has 0 unspecified atom stereocenters. The largest absolute Gasteiger partial charge is 0.493 e. The number of halogens is 5. The predicted octanol–water partition coefficient (Wildman–Crippen LogP) is 6.95. The minimum absolute atomic E-state index is 0.0658. The van der Waals surface area contributed by atoms with E-state index in [1.54, 1.807) is 12.1 Å². The molecule has 4 rings (SSSR count). The van der Waals surface area contributed by atoms with Crippen molar-refractivity contribution in [2.75, 3.05) is 13.7 Å². The fraction of sp³-hybridized carbons (Fsp3) is 0.231. The Bertz CT molecular complexity index is 1300. The van der Waals surface area contributed by atoms with Gasteiger partial charge in [0.15, 0.2) is 0 Å². The number of fused-ring (bicyclic) bond motifs is 1. The van der Waals surface area contributed by atoms with Gasteiger partial charge in [0.2, 0.25) is 0 Å². The number of esters is 1. The van der Waals surface area contributed by atoms with Crippen LogP contribution in [0.5, 0.6) is 5.75 Å². The Kier molecular flexibility index (Phi) is 8.30. The molecule has 1 aliphatic heterocycles. The lowest BCUT2D eigenvalue weighted by Crippen LogP contribution is -2.43. The first-order chi connectivity index (χ1) is 17.2. The molecule has 0 saturated carbocycles. The monoisotopic (exact) mass is 569 g/mol. The zero-order valence-electron chi connectivity index (χ0n) is 19.0. The molecule has 3 aromatic carbocycles. The highest BCUT2D eigenvalue weighted by atomic mass is 35.5. The molecule has 1 heterocycles. The van der Waals surface area contributed by atoms with Crippen molar-refractivity contribution in [1.82, 2.24) is 5.32 Å². The molecule has 1 atom stereocenters. The summed E-state index contributed by atoms with van der Waals surface area (Å²) in [6, 6.07) is 9.61. The number of carbonyl (C=O) groups excluding carboxylic acids is 2. The molecule has 0 spiro atoms. The normalized spacial score (nSPS) is 13.4. The standard InChI is InChI=1S/C26H20Cl4FNO4/c1-35-26(34)21(32-25(33)23-17(27)5-2-6-18(23)28)10-13-7-8-16(24-15(13)4-3-9-36-24)22-19(29)11-14(31)12-20(22)30/h2,5-8,11-12,21H,3-4,9-10H2,1H3,(H,32,33)/t21-/m0/s1. The Balaban J connectivity index is 1.71. The van der Waals surface area contributed by atoms with Gasteiger partial charge in [0.05, 0.1) is 39.4 Å². The highest BCUT2D eigenvalue weighted by molar-refractivity contribution is 6.40. The number of nitrogens with one attached hydrogen (secondary N) is 1. The molecule has 188 valence electrons. The van der Waals surface area contributed by atoms with Crippen molar-refractivity contribution in [3.8, 4) is 16.9 Å². The van der Waals surface area contributed by atoms with Crippen LogP contribution in [0.25, 0.3) is 11.1 Å². The van der Waals surface area contributed by atoms with E-state index in [0.29, 0.717) is 29.9 Å². The van der Waals surface area contributed by atoms with E-state index in [-0.39, 0.29) is 32.1 Å². The second-order valence-electron chi connectivity index (χ2n) is 8.13. The summed E-state index contributed by atoms with van der Waals surface area (Å²) < 4.78 is 24.7. The summed E-state index contributed by atoms with van der Waals surface area (Å²) in [6.07, 6.45) is 1.53. The van der Waals surface area contributed by atoms with Crippen LogP contribution in [0.3, 0.4) is 0 Å².